The van der Waals surface area contributed by atoms with E-state index in [0.717, 1.165) is 5.56 Å². The molecular weight excluding hydrogens is 400 g/mol. The lowest BCUT2D eigenvalue weighted by Crippen LogP contribution is -2.36. The van der Waals surface area contributed by atoms with E-state index in [4.69, 9.17) is 9.47 Å². The number of para-hydroxylation sites is 2. The van der Waals surface area contributed by atoms with Crippen LogP contribution in [-0.2, 0) is 4.79 Å². The fraction of sp³-hybridized carbons (Fsp3) is 0.182. The Bertz CT molecular complexity index is 1110. The molecule has 152 valence electrons. The van der Waals surface area contributed by atoms with Gasteiger partial charge in [0.2, 0.25) is 23.2 Å². The fourth-order valence-electron chi connectivity index (χ4n) is 3.32. The molecule has 3 aromatic rings. The molecule has 1 aromatic heterocycles. The monoisotopic (exact) mass is 420 g/mol. The summed E-state index contributed by atoms with van der Waals surface area (Å²) < 4.78 is 11.9. The number of anilines is 1. The second-order valence-corrected chi connectivity index (χ2v) is 7.45. The molecule has 2 aromatic carbocycles. The summed E-state index contributed by atoms with van der Waals surface area (Å²) in [5.74, 6) is 1.38. The molecule has 0 saturated carbocycles. The number of ether oxygens (including phenoxy) is 2. The van der Waals surface area contributed by atoms with Crippen LogP contribution in [0, 0.1) is 0 Å². The minimum Gasteiger partial charge on any atom is -0.496 e. The van der Waals surface area contributed by atoms with Crippen molar-refractivity contribution >= 4 is 23.4 Å². The van der Waals surface area contributed by atoms with Gasteiger partial charge in [0, 0.05) is 18.2 Å². The molecule has 0 bridgehead atoms. The van der Waals surface area contributed by atoms with Gasteiger partial charge in [-0.2, -0.15) is 4.98 Å². The molecule has 4 rings (SSSR count). The van der Waals surface area contributed by atoms with Crippen LogP contribution in [0.4, 0.5) is 5.69 Å². The average molecular weight is 420 g/mol. The molecule has 0 saturated heterocycles. The highest BCUT2D eigenvalue weighted by molar-refractivity contribution is 7.99. The number of hydrogen-bond acceptors (Lipinski definition) is 7. The van der Waals surface area contributed by atoms with E-state index in [1.807, 2.05) is 48.5 Å². The molecule has 8 heteroatoms. The van der Waals surface area contributed by atoms with E-state index in [9.17, 15) is 4.79 Å². The number of methoxy groups -OCH3 is 1. The SMILES string of the molecule is C=CCSc1nnc2c(n1)O[C@@H](c1ccccc1OC)N(C(C)=O)c1ccccc1-2. The lowest BCUT2D eigenvalue weighted by atomic mass is 10.1. The van der Waals surface area contributed by atoms with Gasteiger partial charge in [-0.1, -0.05) is 48.2 Å². The summed E-state index contributed by atoms with van der Waals surface area (Å²) >= 11 is 1.41. The maximum atomic E-state index is 12.8. The molecule has 2 heterocycles. The van der Waals surface area contributed by atoms with Crippen molar-refractivity contribution in [1.82, 2.24) is 15.2 Å². The minimum absolute atomic E-state index is 0.180. The van der Waals surface area contributed by atoms with Gasteiger partial charge in [0.05, 0.1) is 18.4 Å². The number of aromatic nitrogens is 3. The topological polar surface area (TPSA) is 77.4 Å². The molecule has 7 nitrogen and oxygen atoms in total. The lowest BCUT2D eigenvalue weighted by Gasteiger charge is -2.30. The van der Waals surface area contributed by atoms with Gasteiger partial charge in [0.1, 0.15) is 5.75 Å². The fourth-order valence-corrected chi connectivity index (χ4v) is 3.83. The third kappa shape index (κ3) is 3.61. The molecule has 1 aliphatic rings. The second-order valence-electron chi connectivity index (χ2n) is 6.47. The number of rotatable bonds is 5. The van der Waals surface area contributed by atoms with Gasteiger partial charge in [-0.05, 0) is 18.2 Å². The van der Waals surface area contributed by atoms with Crippen molar-refractivity contribution in [2.45, 2.75) is 18.3 Å². The van der Waals surface area contributed by atoms with Gasteiger partial charge in [-0.3, -0.25) is 9.69 Å². The molecular formula is C22H20N4O3S. The Labute approximate surface area is 178 Å². The van der Waals surface area contributed by atoms with Crippen molar-refractivity contribution < 1.29 is 14.3 Å². The van der Waals surface area contributed by atoms with Crippen LogP contribution in [0.2, 0.25) is 0 Å². The lowest BCUT2D eigenvalue weighted by molar-refractivity contribution is -0.118. The second kappa shape index (κ2) is 8.54. The van der Waals surface area contributed by atoms with Crippen LogP contribution in [0.1, 0.15) is 18.7 Å². The van der Waals surface area contributed by atoms with Gasteiger partial charge in [-0.15, -0.1) is 16.8 Å². The van der Waals surface area contributed by atoms with Crippen LogP contribution < -0.4 is 14.4 Å². The quantitative estimate of drug-likeness (QED) is 0.451. The van der Waals surface area contributed by atoms with E-state index >= 15 is 0 Å². The van der Waals surface area contributed by atoms with E-state index in [0.29, 0.717) is 39.5 Å². The van der Waals surface area contributed by atoms with E-state index in [1.165, 1.54) is 18.7 Å². The standard InChI is InChI=1S/C22H20N4O3S/c1-4-13-30-22-23-20-19(24-25-22)15-9-5-7-11-17(15)26(14(2)27)21(29-20)16-10-6-8-12-18(16)28-3/h4-12,21H,1,13H2,2-3H3/t21-/m0/s1. The summed E-state index contributed by atoms with van der Waals surface area (Å²) in [6.07, 6.45) is 0.986. The number of fused-ring (bicyclic) bond motifs is 3. The van der Waals surface area contributed by atoms with Crippen molar-refractivity contribution in [3.63, 3.8) is 0 Å². The van der Waals surface area contributed by atoms with E-state index in [1.54, 1.807) is 18.1 Å². The maximum Gasteiger partial charge on any atom is 0.247 e. The number of amides is 1. The smallest absolute Gasteiger partial charge is 0.247 e. The molecule has 0 aliphatic carbocycles. The number of thioether (sulfide) groups is 1. The van der Waals surface area contributed by atoms with Gasteiger partial charge < -0.3 is 9.47 Å². The summed E-state index contributed by atoms with van der Waals surface area (Å²) in [4.78, 5) is 19.0. The number of benzene rings is 2. The first-order chi connectivity index (χ1) is 14.6. The van der Waals surface area contributed by atoms with Gasteiger partial charge in [-0.25, -0.2) is 0 Å². The molecule has 0 unspecified atom stereocenters. The Morgan fingerprint density at radius 2 is 2.00 bits per heavy atom. The summed E-state index contributed by atoms with van der Waals surface area (Å²) in [6, 6.07) is 14.9. The van der Waals surface area contributed by atoms with Gasteiger partial charge in [0.25, 0.3) is 0 Å². The molecule has 0 radical (unpaired) electrons. The Hall–Kier alpha value is -3.39. The highest BCUT2D eigenvalue weighted by Gasteiger charge is 2.35. The summed E-state index contributed by atoms with van der Waals surface area (Å²) in [6.45, 7) is 5.23. The van der Waals surface area contributed by atoms with Crippen LogP contribution in [0.5, 0.6) is 11.6 Å². The Balaban J connectivity index is 1.94. The predicted octanol–water partition coefficient (Wildman–Crippen LogP) is 4.27. The largest absolute Gasteiger partial charge is 0.496 e. The Kier molecular flexibility index (Phi) is 5.67. The highest BCUT2D eigenvalue weighted by Crippen LogP contribution is 2.44. The third-order valence-electron chi connectivity index (χ3n) is 4.59. The normalized spacial score (nSPS) is 14.7. The van der Waals surface area contributed by atoms with Crippen LogP contribution in [0.25, 0.3) is 11.3 Å². The molecule has 1 atom stereocenters. The van der Waals surface area contributed by atoms with Crippen LogP contribution in [-0.4, -0.2) is 34.0 Å². The molecule has 1 amide bonds. The van der Waals surface area contributed by atoms with Crippen molar-refractivity contribution in [3.05, 3.63) is 66.7 Å². The summed E-state index contributed by atoms with van der Waals surface area (Å²) in [7, 11) is 1.59. The Morgan fingerprint density at radius 1 is 1.23 bits per heavy atom. The zero-order chi connectivity index (χ0) is 21.1. The van der Waals surface area contributed by atoms with E-state index < -0.39 is 6.23 Å². The third-order valence-corrected chi connectivity index (χ3v) is 5.42. The Morgan fingerprint density at radius 3 is 2.77 bits per heavy atom. The van der Waals surface area contributed by atoms with Crippen molar-refractivity contribution in [2.24, 2.45) is 0 Å². The van der Waals surface area contributed by atoms with Gasteiger partial charge in [0.15, 0.2) is 5.69 Å². The van der Waals surface area contributed by atoms with Crippen molar-refractivity contribution in [1.29, 1.82) is 0 Å². The van der Waals surface area contributed by atoms with Crippen LogP contribution >= 0.6 is 11.8 Å². The molecule has 30 heavy (non-hydrogen) atoms. The molecule has 0 spiro atoms. The van der Waals surface area contributed by atoms with Crippen LogP contribution in [0.15, 0.2) is 66.3 Å². The zero-order valence-electron chi connectivity index (χ0n) is 16.6. The van der Waals surface area contributed by atoms with E-state index in [2.05, 4.69) is 21.8 Å². The maximum absolute atomic E-state index is 12.8. The first-order valence-corrected chi connectivity index (χ1v) is 10.3. The average Bonchev–Trinajstić information content (AvgIpc) is 2.91. The van der Waals surface area contributed by atoms with Crippen molar-refractivity contribution in [3.8, 4) is 22.9 Å². The van der Waals surface area contributed by atoms with Crippen molar-refractivity contribution in [2.75, 3.05) is 17.8 Å². The minimum atomic E-state index is -0.782. The van der Waals surface area contributed by atoms with Crippen LogP contribution in [0.3, 0.4) is 0 Å². The number of carbonyl (C=O) groups is 1. The highest BCUT2D eigenvalue weighted by atomic mass is 32.2. The molecule has 0 fully saturated rings. The zero-order valence-corrected chi connectivity index (χ0v) is 17.4. The summed E-state index contributed by atoms with van der Waals surface area (Å²) in [5, 5.41) is 9.07. The molecule has 1 aliphatic heterocycles. The first kappa shape index (κ1) is 19.9. The summed E-state index contributed by atoms with van der Waals surface area (Å²) in [5.41, 5.74) is 2.58. The first-order valence-electron chi connectivity index (χ1n) is 9.31. The predicted molar refractivity (Wildman–Crippen MR) is 116 cm³/mol. The van der Waals surface area contributed by atoms with E-state index in [-0.39, 0.29) is 5.91 Å². The number of nitrogens with zero attached hydrogens (tertiary/aromatic N) is 4. The number of carbonyl (C=O) groups excluding carboxylic acids is 1. The molecule has 0 N–H and O–H groups in total. The number of hydrogen-bond donors (Lipinski definition) is 0. The van der Waals surface area contributed by atoms with Gasteiger partial charge >= 0.3 is 0 Å².